The predicted molar refractivity (Wildman–Crippen MR) is 76.8 cm³/mol. The molecule has 0 bridgehead atoms. The Balaban J connectivity index is 2.15. The number of rotatable bonds is 5. The van der Waals surface area contributed by atoms with Crippen LogP contribution in [0.15, 0.2) is 21.6 Å². The van der Waals surface area contributed by atoms with Crippen molar-refractivity contribution in [3.63, 3.8) is 0 Å². The Morgan fingerprint density at radius 1 is 1.62 bits per heavy atom. The van der Waals surface area contributed by atoms with Gasteiger partial charge in [-0.2, -0.15) is 0 Å². The lowest BCUT2D eigenvalue weighted by Gasteiger charge is -2.47. The molecule has 1 saturated heterocycles. The summed E-state index contributed by atoms with van der Waals surface area (Å²) in [6.07, 6.45) is 1.20. The monoisotopic (exact) mass is 338 g/mol. The largest absolute Gasteiger partial charge is 0.451 e. The maximum absolute atomic E-state index is 12.2. The molecule has 2 N–H and O–H groups in total. The molecule has 0 spiro atoms. The Morgan fingerprint density at radius 3 is 2.90 bits per heavy atom. The Bertz CT molecular complexity index is 590. The van der Waals surface area contributed by atoms with Crippen LogP contribution in [0.25, 0.3) is 0 Å². The Labute approximate surface area is 128 Å². The van der Waals surface area contributed by atoms with Gasteiger partial charge in [0.2, 0.25) is 15.2 Å². The number of halogens is 1. The van der Waals surface area contributed by atoms with E-state index in [1.165, 1.54) is 12.3 Å². The van der Waals surface area contributed by atoms with Crippen LogP contribution in [0.2, 0.25) is 5.22 Å². The summed E-state index contributed by atoms with van der Waals surface area (Å²) in [4.78, 5) is 1.81. The molecule has 7 nitrogen and oxygen atoms in total. The van der Waals surface area contributed by atoms with Gasteiger partial charge in [0.1, 0.15) is 4.90 Å². The van der Waals surface area contributed by atoms with Crippen molar-refractivity contribution in [3.8, 4) is 0 Å². The highest BCUT2D eigenvalue weighted by Crippen LogP contribution is 2.25. The van der Waals surface area contributed by atoms with E-state index < -0.39 is 15.6 Å². The van der Waals surface area contributed by atoms with Crippen LogP contribution in [0.5, 0.6) is 0 Å². The molecule has 2 rings (SSSR count). The van der Waals surface area contributed by atoms with E-state index in [-0.39, 0.29) is 35.9 Å². The van der Waals surface area contributed by atoms with Crippen molar-refractivity contribution in [1.29, 1.82) is 0 Å². The molecular weight excluding hydrogens is 320 g/mol. The molecule has 2 heterocycles. The second-order valence-electron chi connectivity index (χ2n) is 5.24. The van der Waals surface area contributed by atoms with E-state index >= 15 is 0 Å². The first-order valence-corrected chi connectivity index (χ1v) is 8.33. The van der Waals surface area contributed by atoms with Crippen LogP contribution in [-0.2, 0) is 14.8 Å². The maximum atomic E-state index is 12.2. The number of aliphatic hydroxyl groups is 1. The zero-order chi connectivity index (χ0) is 15.7. The minimum atomic E-state index is -3.81. The Hall–Kier alpha value is -0.640. The highest BCUT2D eigenvalue weighted by molar-refractivity contribution is 7.89. The number of sulfonamides is 1. The van der Waals surface area contributed by atoms with E-state index in [1.807, 2.05) is 18.9 Å². The van der Waals surface area contributed by atoms with Gasteiger partial charge in [-0.15, -0.1) is 0 Å². The van der Waals surface area contributed by atoms with Crippen molar-refractivity contribution in [2.24, 2.45) is 0 Å². The minimum absolute atomic E-state index is 0.00812. The molecule has 120 valence electrons. The average molecular weight is 339 g/mol. The van der Waals surface area contributed by atoms with Crippen molar-refractivity contribution in [2.45, 2.75) is 23.4 Å². The molecule has 9 heteroatoms. The third-order valence-corrected chi connectivity index (χ3v) is 5.73. The van der Waals surface area contributed by atoms with Crippen molar-refractivity contribution >= 4 is 21.6 Å². The number of nitrogens with zero attached hydrogens (tertiary/aromatic N) is 1. The average Bonchev–Trinajstić information content (AvgIpc) is 2.88. The zero-order valence-corrected chi connectivity index (χ0v) is 13.4. The van der Waals surface area contributed by atoms with Gasteiger partial charge in [-0.25, -0.2) is 13.1 Å². The van der Waals surface area contributed by atoms with Crippen molar-refractivity contribution in [1.82, 2.24) is 9.62 Å². The summed E-state index contributed by atoms with van der Waals surface area (Å²) in [6.45, 7) is 2.51. The van der Waals surface area contributed by atoms with Crippen molar-refractivity contribution in [2.75, 3.05) is 33.4 Å². The lowest BCUT2D eigenvalue weighted by atomic mass is 9.96. The van der Waals surface area contributed by atoms with Crippen LogP contribution in [0.1, 0.15) is 6.92 Å². The third kappa shape index (κ3) is 3.25. The molecule has 1 aliphatic rings. The van der Waals surface area contributed by atoms with Gasteiger partial charge in [-0.1, -0.05) is 0 Å². The summed E-state index contributed by atoms with van der Waals surface area (Å²) in [5.41, 5.74) is -0.805. The van der Waals surface area contributed by atoms with Gasteiger partial charge in [-0.05, 0) is 31.6 Å². The van der Waals surface area contributed by atoms with Gasteiger partial charge in [0.15, 0.2) is 0 Å². The lowest BCUT2D eigenvalue weighted by Crippen LogP contribution is -2.65. The summed E-state index contributed by atoms with van der Waals surface area (Å²) in [6, 6.07) is 1.35. The Morgan fingerprint density at radius 2 is 2.33 bits per heavy atom. The molecule has 1 fully saturated rings. The fourth-order valence-corrected chi connectivity index (χ4v) is 3.80. The molecule has 2 atom stereocenters. The molecule has 0 saturated carbocycles. The minimum Gasteiger partial charge on any atom is -0.451 e. The number of likely N-dealkylation sites (N-methyl/N-ethyl adjacent to an activating group) is 1. The summed E-state index contributed by atoms with van der Waals surface area (Å²) in [5, 5.41) is 9.52. The SMILES string of the molecule is C[C@@H]1COC[C@@](CO)(CNS(=O)(=O)c2ccoc2Cl)N1C. The fourth-order valence-electron chi connectivity index (χ4n) is 2.27. The number of hydrogen-bond acceptors (Lipinski definition) is 6. The van der Waals surface area contributed by atoms with Crippen LogP contribution in [0, 0.1) is 0 Å². The molecule has 1 aromatic heterocycles. The quantitative estimate of drug-likeness (QED) is 0.802. The van der Waals surface area contributed by atoms with Gasteiger partial charge < -0.3 is 14.3 Å². The fraction of sp³-hybridized carbons (Fsp3) is 0.667. The summed E-state index contributed by atoms with van der Waals surface area (Å²) >= 11 is 5.70. The van der Waals surface area contributed by atoms with Crippen LogP contribution < -0.4 is 4.72 Å². The first-order chi connectivity index (χ1) is 9.82. The smallest absolute Gasteiger partial charge is 0.245 e. The molecule has 0 amide bonds. The first kappa shape index (κ1) is 16.7. The van der Waals surface area contributed by atoms with Gasteiger partial charge in [0, 0.05) is 12.6 Å². The highest BCUT2D eigenvalue weighted by Gasteiger charge is 2.41. The Kier molecular flexibility index (Phi) is 4.96. The molecular formula is C12H19ClN2O5S. The number of nitrogens with one attached hydrogen (secondary N) is 1. The number of ether oxygens (including phenoxy) is 1. The molecule has 1 aromatic rings. The van der Waals surface area contributed by atoms with E-state index in [0.29, 0.717) is 6.61 Å². The van der Waals surface area contributed by atoms with Gasteiger partial charge in [-0.3, -0.25) is 4.90 Å². The van der Waals surface area contributed by atoms with E-state index in [0.717, 1.165) is 0 Å². The normalized spacial score (nSPS) is 27.9. The molecule has 1 aliphatic heterocycles. The zero-order valence-electron chi connectivity index (χ0n) is 11.9. The standard InChI is InChI=1S/C12H19ClN2O5S/c1-9-5-19-8-12(7-16,15(9)2)6-14-21(17,18)10-3-4-20-11(10)13/h3-4,9,14,16H,5-8H2,1-2H3/t9-,12+/m1/s1. The van der Waals surface area contributed by atoms with Gasteiger partial charge in [0.25, 0.3) is 0 Å². The van der Waals surface area contributed by atoms with Crippen LogP contribution in [0.3, 0.4) is 0 Å². The summed E-state index contributed by atoms with van der Waals surface area (Å²) in [7, 11) is -1.97. The molecule has 0 radical (unpaired) electrons. The second kappa shape index (κ2) is 6.23. The van der Waals surface area contributed by atoms with Crippen LogP contribution in [-0.4, -0.2) is 63.4 Å². The van der Waals surface area contributed by atoms with E-state index in [4.69, 9.17) is 20.8 Å². The van der Waals surface area contributed by atoms with Gasteiger partial charge >= 0.3 is 0 Å². The predicted octanol–water partition coefficient (Wildman–Crippen LogP) is 0.293. The lowest BCUT2D eigenvalue weighted by molar-refractivity contribution is -0.104. The van der Waals surface area contributed by atoms with E-state index in [9.17, 15) is 13.5 Å². The van der Waals surface area contributed by atoms with Crippen molar-refractivity contribution in [3.05, 3.63) is 17.5 Å². The molecule has 0 unspecified atom stereocenters. The third-order valence-electron chi connectivity index (χ3n) is 3.90. The van der Waals surface area contributed by atoms with Crippen LogP contribution >= 0.6 is 11.6 Å². The highest BCUT2D eigenvalue weighted by atomic mass is 35.5. The number of morpholine rings is 1. The molecule has 0 aromatic carbocycles. The number of hydrogen-bond donors (Lipinski definition) is 2. The van der Waals surface area contributed by atoms with E-state index in [1.54, 1.807) is 0 Å². The summed E-state index contributed by atoms with van der Waals surface area (Å²) in [5.74, 6) is 0. The molecule has 21 heavy (non-hydrogen) atoms. The number of furan rings is 1. The van der Waals surface area contributed by atoms with Crippen molar-refractivity contribution < 1.29 is 22.7 Å². The first-order valence-electron chi connectivity index (χ1n) is 6.46. The topological polar surface area (TPSA) is 92.0 Å². The number of aliphatic hydroxyl groups excluding tert-OH is 1. The van der Waals surface area contributed by atoms with Gasteiger partial charge in [0.05, 0.1) is 31.6 Å². The van der Waals surface area contributed by atoms with Crippen LogP contribution in [0.4, 0.5) is 0 Å². The maximum Gasteiger partial charge on any atom is 0.245 e. The second-order valence-corrected chi connectivity index (χ2v) is 7.32. The molecule has 0 aliphatic carbocycles. The van der Waals surface area contributed by atoms with E-state index in [2.05, 4.69) is 4.72 Å². The summed E-state index contributed by atoms with van der Waals surface area (Å²) < 4.78 is 37.1.